The van der Waals surface area contributed by atoms with E-state index in [1.165, 1.54) is 43.2 Å². The predicted molar refractivity (Wildman–Crippen MR) is 90.5 cm³/mol. The lowest BCUT2D eigenvalue weighted by Crippen LogP contribution is -2.40. The van der Waals surface area contributed by atoms with Crippen LogP contribution in [0.5, 0.6) is 0 Å². The molecule has 0 unspecified atom stereocenters. The van der Waals surface area contributed by atoms with E-state index in [1.54, 1.807) is 0 Å². The predicted octanol–water partition coefficient (Wildman–Crippen LogP) is 4.57. The van der Waals surface area contributed by atoms with E-state index in [-0.39, 0.29) is 0 Å². The third-order valence-electron chi connectivity index (χ3n) is 5.60. The number of carbonyl (C=O) groups is 1. The molecule has 0 radical (unpaired) electrons. The summed E-state index contributed by atoms with van der Waals surface area (Å²) in [5.41, 5.74) is 2.77. The van der Waals surface area contributed by atoms with Gasteiger partial charge in [0.25, 0.3) is 0 Å². The second-order valence-electron chi connectivity index (χ2n) is 7.14. The number of amides is 1. The van der Waals surface area contributed by atoms with Crippen LogP contribution >= 0.6 is 0 Å². The van der Waals surface area contributed by atoms with E-state index in [0.29, 0.717) is 11.8 Å². The van der Waals surface area contributed by atoms with Crippen molar-refractivity contribution in [1.29, 1.82) is 0 Å². The first-order valence-corrected chi connectivity index (χ1v) is 9.13. The third kappa shape index (κ3) is 3.53. The maximum atomic E-state index is 12.8. The minimum absolute atomic E-state index is 0.295. The Hall–Kier alpha value is -1.31. The van der Waals surface area contributed by atoms with Crippen LogP contribution in [0.1, 0.15) is 63.0 Å². The highest BCUT2D eigenvalue weighted by Gasteiger charge is 2.30. The maximum absolute atomic E-state index is 12.8. The maximum Gasteiger partial charge on any atom is 0.225 e. The molecule has 0 aromatic heterocycles. The van der Waals surface area contributed by atoms with Crippen molar-refractivity contribution in [3.05, 3.63) is 35.4 Å². The van der Waals surface area contributed by atoms with Crippen molar-refractivity contribution in [1.82, 2.24) is 4.90 Å². The van der Waals surface area contributed by atoms with Gasteiger partial charge in [0.05, 0.1) is 0 Å². The highest BCUT2D eigenvalue weighted by Crippen LogP contribution is 2.33. The number of unbranched alkanes of at least 4 members (excludes halogenated alkanes) is 1. The molecule has 0 spiro atoms. The van der Waals surface area contributed by atoms with Crippen LogP contribution in [-0.2, 0) is 17.8 Å². The van der Waals surface area contributed by atoms with E-state index in [0.717, 1.165) is 38.3 Å². The number of benzene rings is 1. The van der Waals surface area contributed by atoms with E-state index < -0.39 is 0 Å². The molecule has 0 N–H and O–H groups in total. The van der Waals surface area contributed by atoms with E-state index in [1.807, 2.05) is 0 Å². The smallest absolute Gasteiger partial charge is 0.225 e. The van der Waals surface area contributed by atoms with Gasteiger partial charge in [-0.05, 0) is 49.1 Å². The van der Waals surface area contributed by atoms with Gasteiger partial charge >= 0.3 is 0 Å². The highest BCUT2D eigenvalue weighted by atomic mass is 16.2. The summed E-state index contributed by atoms with van der Waals surface area (Å²) < 4.78 is 0. The molecule has 0 atom stereocenters. The number of hydrogen-bond acceptors (Lipinski definition) is 1. The van der Waals surface area contributed by atoms with Crippen LogP contribution in [0.25, 0.3) is 0 Å². The monoisotopic (exact) mass is 299 g/mol. The lowest BCUT2D eigenvalue weighted by Gasteiger charge is -2.34. The van der Waals surface area contributed by atoms with Gasteiger partial charge in [0.1, 0.15) is 0 Å². The fraction of sp³-hybridized carbons (Fsp3) is 0.650. The number of carbonyl (C=O) groups excluding carboxylic acids is 1. The SMILES string of the molecule is CCCCC1CCC(C(=O)N2CCc3ccccc3C2)CC1. The molecule has 3 rings (SSSR count). The molecule has 0 saturated heterocycles. The van der Waals surface area contributed by atoms with Gasteiger partial charge in [0, 0.05) is 19.0 Å². The molecular formula is C20H29NO. The Balaban J connectivity index is 1.53. The summed E-state index contributed by atoms with van der Waals surface area (Å²) in [4.78, 5) is 14.9. The lowest BCUT2D eigenvalue weighted by molar-refractivity contribution is -0.137. The molecule has 1 saturated carbocycles. The molecule has 1 aliphatic carbocycles. The van der Waals surface area contributed by atoms with Crippen LogP contribution in [0.4, 0.5) is 0 Å². The van der Waals surface area contributed by atoms with Crippen LogP contribution in [0.3, 0.4) is 0 Å². The zero-order chi connectivity index (χ0) is 15.4. The second-order valence-corrected chi connectivity index (χ2v) is 7.14. The van der Waals surface area contributed by atoms with Gasteiger partial charge in [0.2, 0.25) is 5.91 Å². The summed E-state index contributed by atoms with van der Waals surface area (Å²) in [6, 6.07) is 8.58. The van der Waals surface area contributed by atoms with E-state index in [4.69, 9.17) is 0 Å². The van der Waals surface area contributed by atoms with Gasteiger partial charge in [-0.15, -0.1) is 0 Å². The van der Waals surface area contributed by atoms with Crippen molar-refractivity contribution in [3.8, 4) is 0 Å². The lowest BCUT2D eigenvalue weighted by atomic mass is 9.79. The highest BCUT2D eigenvalue weighted by molar-refractivity contribution is 5.79. The Morgan fingerprint density at radius 2 is 1.86 bits per heavy atom. The summed E-state index contributed by atoms with van der Waals surface area (Å²) >= 11 is 0. The first-order chi connectivity index (χ1) is 10.8. The first-order valence-electron chi connectivity index (χ1n) is 9.13. The molecule has 2 heteroatoms. The molecule has 2 aliphatic rings. The van der Waals surface area contributed by atoms with Crippen LogP contribution in [0, 0.1) is 11.8 Å². The van der Waals surface area contributed by atoms with Gasteiger partial charge in [-0.3, -0.25) is 4.79 Å². The quantitative estimate of drug-likeness (QED) is 0.797. The minimum atomic E-state index is 0.295. The summed E-state index contributed by atoms with van der Waals surface area (Å²) in [7, 11) is 0. The number of fused-ring (bicyclic) bond motifs is 1. The Morgan fingerprint density at radius 3 is 2.59 bits per heavy atom. The van der Waals surface area contributed by atoms with Crippen molar-refractivity contribution in [2.24, 2.45) is 11.8 Å². The van der Waals surface area contributed by atoms with Crippen LogP contribution in [0.15, 0.2) is 24.3 Å². The minimum Gasteiger partial charge on any atom is -0.338 e. The topological polar surface area (TPSA) is 20.3 Å². The Labute approximate surface area is 134 Å². The van der Waals surface area contributed by atoms with Gasteiger partial charge in [-0.25, -0.2) is 0 Å². The molecule has 0 bridgehead atoms. The Bertz CT molecular complexity index is 502. The first kappa shape index (κ1) is 15.6. The zero-order valence-corrected chi connectivity index (χ0v) is 13.9. The molecule has 120 valence electrons. The van der Waals surface area contributed by atoms with Crippen molar-refractivity contribution in [3.63, 3.8) is 0 Å². The summed E-state index contributed by atoms with van der Waals surface area (Å²) in [5.74, 6) is 1.60. The van der Waals surface area contributed by atoms with Gasteiger partial charge in [-0.2, -0.15) is 0 Å². The normalized spacial score (nSPS) is 24.9. The van der Waals surface area contributed by atoms with Gasteiger partial charge in [0.15, 0.2) is 0 Å². The number of hydrogen-bond donors (Lipinski definition) is 0. The summed E-state index contributed by atoms with van der Waals surface area (Å²) in [6.45, 7) is 4.00. The van der Waals surface area contributed by atoms with Crippen molar-refractivity contribution >= 4 is 5.91 Å². The van der Waals surface area contributed by atoms with E-state index in [9.17, 15) is 4.79 Å². The molecule has 2 nitrogen and oxygen atoms in total. The molecule has 1 amide bonds. The fourth-order valence-corrected chi connectivity index (χ4v) is 4.13. The summed E-state index contributed by atoms with van der Waals surface area (Å²) in [5, 5.41) is 0. The van der Waals surface area contributed by atoms with Crippen LogP contribution < -0.4 is 0 Å². The fourth-order valence-electron chi connectivity index (χ4n) is 4.13. The van der Waals surface area contributed by atoms with Crippen molar-refractivity contribution in [2.45, 2.75) is 64.8 Å². The van der Waals surface area contributed by atoms with Crippen molar-refractivity contribution < 1.29 is 4.79 Å². The average molecular weight is 299 g/mol. The van der Waals surface area contributed by atoms with Crippen LogP contribution in [0.2, 0.25) is 0 Å². The van der Waals surface area contributed by atoms with E-state index in [2.05, 4.69) is 36.1 Å². The standard InChI is InChI=1S/C20H29NO/c1-2-3-6-16-9-11-18(12-10-16)20(22)21-14-13-17-7-4-5-8-19(17)15-21/h4-5,7-8,16,18H,2-3,6,9-15H2,1H3. The third-order valence-corrected chi connectivity index (χ3v) is 5.60. The Kier molecular flexibility index (Phi) is 5.17. The van der Waals surface area contributed by atoms with E-state index >= 15 is 0 Å². The number of rotatable bonds is 4. The van der Waals surface area contributed by atoms with Crippen LogP contribution in [-0.4, -0.2) is 17.4 Å². The zero-order valence-electron chi connectivity index (χ0n) is 13.9. The Morgan fingerprint density at radius 1 is 1.14 bits per heavy atom. The van der Waals surface area contributed by atoms with Crippen molar-refractivity contribution in [2.75, 3.05) is 6.54 Å². The summed E-state index contributed by atoms with van der Waals surface area (Å²) in [6.07, 6.45) is 9.80. The second kappa shape index (κ2) is 7.30. The molecule has 1 aromatic carbocycles. The molecular weight excluding hydrogens is 270 g/mol. The van der Waals surface area contributed by atoms with Gasteiger partial charge < -0.3 is 4.90 Å². The largest absolute Gasteiger partial charge is 0.338 e. The molecule has 1 fully saturated rings. The molecule has 22 heavy (non-hydrogen) atoms. The average Bonchev–Trinajstić information content (AvgIpc) is 2.59. The molecule has 1 aromatic rings. The number of nitrogens with zero attached hydrogens (tertiary/aromatic N) is 1. The van der Waals surface area contributed by atoms with Gasteiger partial charge in [-0.1, -0.05) is 50.5 Å². The molecule has 1 heterocycles. The molecule has 1 aliphatic heterocycles.